The first-order valence-corrected chi connectivity index (χ1v) is 6.66. The van der Waals surface area contributed by atoms with Gasteiger partial charge in [0.1, 0.15) is 0 Å². The van der Waals surface area contributed by atoms with Crippen molar-refractivity contribution < 1.29 is 9.13 Å². The number of hydrogen-bond donors (Lipinski definition) is 1. The van der Waals surface area contributed by atoms with Crippen molar-refractivity contribution in [1.82, 2.24) is 5.32 Å². The molecule has 2 rings (SSSR count). The van der Waals surface area contributed by atoms with Gasteiger partial charge in [0.15, 0.2) is 11.6 Å². The predicted octanol–water partition coefficient (Wildman–Crippen LogP) is 3.53. The van der Waals surface area contributed by atoms with E-state index >= 15 is 0 Å². The highest BCUT2D eigenvalue weighted by Gasteiger charge is 2.29. The molecule has 3 unspecified atom stereocenters. The molecule has 1 aliphatic rings. The van der Waals surface area contributed by atoms with Crippen LogP contribution in [0, 0.1) is 17.7 Å². The van der Waals surface area contributed by atoms with Gasteiger partial charge in [-0.2, -0.15) is 0 Å². The second kappa shape index (κ2) is 5.70. The lowest BCUT2D eigenvalue weighted by Gasteiger charge is -2.24. The van der Waals surface area contributed by atoms with Crippen molar-refractivity contribution >= 4 is 0 Å². The number of halogens is 1. The maximum Gasteiger partial charge on any atom is 0.165 e. The SMILES string of the molecule is CNC(c1ccc(OC)c(F)c1)C1CCC(C)C1. The summed E-state index contributed by atoms with van der Waals surface area (Å²) in [6.07, 6.45) is 3.72. The van der Waals surface area contributed by atoms with E-state index < -0.39 is 0 Å². The largest absolute Gasteiger partial charge is 0.494 e. The van der Waals surface area contributed by atoms with Gasteiger partial charge in [-0.05, 0) is 49.4 Å². The minimum Gasteiger partial charge on any atom is -0.494 e. The summed E-state index contributed by atoms with van der Waals surface area (Å²) < 4.78 is 18.7. The number of rotatable bonds is 4. The zero-order valence-electron chi connectivity index (χ0n) is 11.4. The van der Waals surface area contributed by atoms with Crippen molar-refractivity contribution in [2.75, 3.05) is 14.2 Å². The molecule has 0 bridgehead atoms. The van der Waals surface area contributed by atoms with Crippen molar-refractivity contribution in [3.05, 3.63) is 29.6 Å². The van der Waals surface area contributed by atoms with Crippen LogP contribution in [-0.2, 0) is 0 Å². The average Bonchev–Trinajstić information content (AvgIpc) is 2.77. The zero-order valence-corrected chi connectivity index (χ0v) is 11.4. The molecule has 1 saturated carbocycles. The smallest absolute Gasteiger partial charge is 0.165 e. The zero-order chi connectivity index (χ0) is 13.1. The van der Waals surface area contributed by atoms with Crippen molar-refractivity contribution in [3.63, 3.8) is 0 Å². The maximum absolute atomic E-state index is 13.8. The first-order valence-electron chi connectivity index (χ1n) is 6.66. The van der Waals surface area contributed by atoms with Crippen LogP contribution in [0.4, 0.5) is 4.39 Å². The van der Waals surface area contributed by atoms with Gasteiger partial charge in [-0.15, -0.1) is 0 Å². The van der Waals surface area contributed by atoms with Crippen LogP contribution in [0.15, 0.2) is 18.2 Å². The van der Waals surface area contributed by atoms with Gasteiger partial charge >= 0.3 is 0 Å². The molecule has 1 aromatic rings. The van der Waals surface area contributed by atoms with Crippen molar-refractivity contribution in [1.29, 1.82) is 0 Å². The topological polar surface area (TPSA) is 21.3 Å². The van der Waals surface area contributed by atoms with Crippen LogP contribution in [0.5, 0.6) is 5.75 Å². The third kappa shape index (κ3) is 2.66. The Bertz CT molecular complexity index is 407. The molecule has 3 heteroatoms. The minimum absolute atomic E-state index is 0.246. The fourth-order valence-electron chi connectivity index (χ4n) is 3.10. The average molecular weight is 251 g/mol. The Morgan fingerprint density at radius 2 is 2.17 bits per heavy atom. The van der Waals surface area contributed by atoms with E-state index in [0.717, 1.165) is 11.5 Å². The maximum atomic E-state index is 13.8. The number of nitrogens with one attached hydrogen (secondary N) is 1. The fourth-order valence-corrected chi connectivity index (χ4v) is 3.10. The molecule has 0 radical (unpaired) electrons. The first-order chi connectivity index (χ1) is 8.65. The van der Waals surface area contributed by atoms with Crippen molar-refractivity contribution in [2.24, 2.45) is 11.8 Å². The fraction of sp³-hybridized carbons (Fsp3) is 0.600. The van der Waals surface area contributed by atoms with Crippen LogP contribution in [0.25, 0.3) is 0 Å². The van der Waals surface area contributed by atoms with Crippen LogP contribution in [0.3, 0.4) is 0 Å². The van der Waals surface area contributed by atoms with Gasteiger partial charge in [-0.1, -0.05) is 19.4 Å². The molecule has 2 nitrogen and oxygen atoms in total. The van der Waals surface area contributed by atoms with Crippen molar-refractivity contribution in [2.45, 2.75) is 32.2 Å². The standard InChI is InChI=1S/C15H22FNO/c1-10-4-5-11(8-10)15(17-2)12-6-7-14(18-3)13(16)9-12/h6-7,9-11,15,17H,4-5,8H2,1-3H3. The second-order valence-corrected chi connectivity index (χ2v) is 5.34. The van der Waals surface area contributed by atoms with Gasteiger partial charge in [0.05, 0.1) is 7.11 Å². The highest BCUT2D eigenvalue weighted by Crippen LogP contribution is 2.39. The Balaban J connectivity index is 2.19. The van der Waals surface area contributed by atoms with Gasteiger partial charge in [-0.25, -0.2) is 4.39 Å². The van der Waals surface area contributed by atoms with E-state index in [9.17, 15) is 4.39 Å². The molecule has 1 aromatic carbocycles. The highest BCUT2D eigenvalue weighted by molar-refractivity contribution is 5.31. The summed E-state index contributed by atoms with van der Waals surface area (Å²) >= 11 is 0. The van der Waals surface area contributed by atoms with E-state index in [1.54, 1.807) is 12.1 Å². The van der Waals surface area contributed by atoms with Crippen molar-refractivity contribution in [3.8, 4) is 5.75 Å². The van der Waals surface area contributed by atoms with E-state index in [-0.39, 0.29) is 11.9 Å². The van der Waals surface area contributed by atoms with E-state index in [1.165, 1.54) is 26.4 Å². The summed E-state index contributed by atoms with van der Waals surface area (Å²) in [5.74, 6) is 1.43. The molecule has 18 heavy (non-hydrogen) atoms. The molecule has 1 fully saturated rings. The van der Waals surface area contributed by atoms with Gasteiger partial charge in [-0.3, -0.25) is 0 Å². The van der Waals surface area contributed by atoms with Crippen LogP contribution in [0.2, 0.25) is 0 Å². The molecule has 0 heterocycles. The number of methoxy groups -OCH3 is 1. The highest BCUT2D eigenvalue weighted by atomic mass is 19.1. The second-order valence-electron chi connectivity index (χ2n) is 5.34. The van der Waals surface area contributed by atoms with Gasteiger partial charge in [0.2, 0.25) is 0 Å². The summed E-state index contributed by atoms with van der Waals surface area (Å²) in [5.41, 5.74) is 1.02. The summed E-state index contributed by atoms with van der Waals surface area (Å²) in [6, 6.07) is 5.53. The minimum atomic E-state index is -0.277. The molecule has 1 aliphatic carbocycles. The van der Waals surface area contributed by atoms with E-state index in [1.807, 2.05) is 13.1 Å². The van der Waals surface area contributed by atoms with Crippen LogP contribution in [-0.4, -0.2) is 14.2 Å². The Kier molecular flexibility index (Phi) is 4.23. The van der Waals surface area contributed by atoms with Gasteiger partial charge in [0, 0.05) is 6.04 Å². The molecule has 0 amide bonds. The number of hydrogen-bond acceptors (Lipinski definition) is 2. The summed E-state index contributed by atoms with van der Waals surface area (Å²) in [6.45, 7) is 2.29. The van der Waals surface area contributed by atoms with Gasteiger partial charge in [0.25, 0.3) is 0 Å². The molecule has 0 aliphatic heterocycles. The molecule has 3 atom stereocenters. The lowest BCUT2D eigenvalue weighted by Crippen LogP contribution is -2.24. The number of benzene rings is 1. The Labute approximate surface area is 109 Å². The molecule has 0 saturated heterocycles. The third-order valence-electron chi connectivity index (χ3n) is 4.05. The Morgan fingerprint density at radius 3 is 2.67 bits per heavy atom. The molecule has 0 aromatic heterocycles. The lowest BCUT2D eigenvalue weighted by molar-refractivity contribution is 0.370. The summed E-state index contributed by atoms with van der Waals surface area (Å²) in [4.78, 5) is 0. The Morgan fingerprint density at radius 1 is 1.39 bits per heavy atom. The third-order valence-corrected chi connectivity index (χ3v) is 4.05. The molecular weight excluding hydrogens is 229 g/mol. The molecule has 0 spiro atoms. The lowest BCUT2D eigenvalue weighted by atomic mass is 9.91. The van der Waals surface area contributed by atoms with E-state index in [0.29, 0.717) is 11.7 Å². The monoisotopic (exact) mass is 251 g/mol. The van der Waals surface area contributed by atoms with Crippen LogP contribution < -0.4 is 10.1 Å². The Hall–Kier alpha value is -1.09. The summed E-state index contributed by atoms with van der Waals surface area (Å²) in [7, 11) is 3.45. The van der Waals surface area contributed by atoms with Gasteiger partial charge < -0.3 is 10.1 Å². The van der Waals surface area contributed by atoms with Crippen LogP contribution >= 0.6 is 0 Å². The predicted molar refractivity (Wildman–Crippen MR) is 71.3 cm³/mol. The van der Waals surface area contributed by atoms with E-state index in [2.05, 4.69) is 12.2 Å². The molecule has 1 N–H and O–H groups in total. The van der Waals surface area contributed by atoms with Crippen LogP contribution in [0.1, 0.15) is 37.8 Å². The summed E-state index contributed by atoms with van der Waals surface area (Å²) in [5, 5.41) is 3.34. The first kappa shape index (κ1) is 13.3. The normalized spacial score (nSPS) is 25.1. The molecular formula is C15H22FNO. The quantitative estimate of drug-likeness (QED) is 0.884. The number of ether oxygens (including phenoxy) is 1. The van der Waals surface area contributed by atoms with E-state index in [4.69, 9.17) is 4.74 Å². The molecule has 100 valence electrons.